The highest BCUT2D eigenvalue weighted by atomic mass is 16.7. The molecule has 0 radical (unpaired) electrons. The zero-order chi connectivity index (χ0) is 17.7. The number of nitro groups is 1. The van der Waals surface area contributed by atoms with E-state index in [0.717, 1.165) is 5.06 Å². The van der Waals surface area contributed by atoms with Gasteiger partial charge in [0.2, 0.25) is 0 Å². The van der Waals surface area contributed by atoms with Crippen LogP contribution in [0.15, 0.2) is 48.5 Å². The zero-order valence-electron chi connectivity index (χ0n) is 13.0. The Balaban J connectivity index is 2.25. The third-order valence-corrected chi connectivity index (χ3v) is 3.22. The molecule has 8 nitrogen and oxygen atoms in total. The Morgan fingerprint density at radius 1 is 0.958 bits per heavy atom. The van der Waals surface area contributed by atoms with Crippen LogP contribution < -0.4 is 5.06 Å². The van der Waals surface area contributed by atoms with Crippen LogP contribution in [0.3, 0.4) is 0 Å². The fourth-order valence-electron chi connectivity index (χ4n) is 2.00. The first-order valence-corrected chi connectivity index (χ1v) is 6.79. The molecule has 0 aliphatic carbocycles. The van der Waals surface area contributed by atoms with E-state index >= 15 is 0 Å². The van der Waals surface area contributed by atoms with Crippen LogP contribution >= 0.6 is 0 Å². The second kappa shape index (κ2) is 7.34. The van der Waals surface area contributed by atoms with Gasteiger partial charge in [-0.05, 0) is 36.4 Å². The number of nitrogens with zero attached hydrogens (tertiary/aromatic N) is 2. The van der Waals surface area contributed by atoms with Crippen molar-refractivity contribution in [1.82, 2.24) is 0 Å². The highest BCUT2D eigenvalue weighted by Crippen LogP contribution is 2.20. The molecular weight excluding hydrogens is 316 g/mol. The Morgan fingerprint density at radius 2 is 1.50 bits per heavy atom. The number of ether oxygens (including phenoxy) is 1. The molecule has 2 rings (SSSR count). The number of hydroxylamine groups is 1. The van der Waals surface area contributed by atoms with E-state index in [-0.39, 0.29) is 11.3 Å². The first-order chi connectivity index (χ1) is 11.5. The number of rotatable bonds is 5. The minimum atomic E-state index is -0.548. The molecule has 0 aromatic heterocycles. The van der Waals surface area contributed by atoms with Crippen LogP contribution in [0.2, 0.25) is 0 Å². The number of non-ortho nitro benzene ring substituents is 1. The van der Waals surface area contributed by atoms with Gasteiger partial charge in [-0.15, -0.1) is 0 Å². The summed E-state index contributed by atoms with van der Waals surface area (Å²) < 4.78 is 4.60. The fourth-order valence-corrected chi connectivity index (χ4v) is 2.00. The topological polar surface area (TPSA) is 99.0 Å². The summed E-state index contributed by atoms with van der Waals surface area (Å²) in [5.41, 5.74) is 0.839. The third kappa shape index (κ3) is 3.55. The van der Waals surface area contributed by atoms with Crippen molar-refractivity contribution >= 4 is 23.3 Å². The molecule has 0 heterocycles. The number of anilines is 1. The van der Waals surface area contributed by atoms with Crippen LogP contribution in [0.1, 0.15) is 20.7 Å². The summed E-state index contributed by atoms with van der Waals surface area (Å²) >= 11 is 0. The summed E-state index contributed by atoms with van der Waals surface area (Å²) in [6.45, 7) is 0. The number of hydrogen-bond donors (Lipinski definition) is 0. The molecule has 0 saturated carbocycles. The SMILES string of the molecule is COC(=O)c1ccc(N(OC)C(=O)c2ccc([N+](=O)[O-])cc2)cc1. The van der Waals surface area contributed by atoms with Gasteiger partial charge in [0.25, 0.3) is 11.6 Å². The molecule has 2 aromatic carbocycles. The molecule has 0 N–H and O–H groups in total. The van der Waals surface area contributed by atoms with Gasteiger partial charge in [0, 0.05) is 17.7 Å². The molecule has 24 heavy (non-hydrogen) atoms. The standard InChI is InChI=1S/C16H14N2O6/c1-23-16(20)12-5-7-13(8-6-12)17(24-2)15(19)11-3-9-14(10-4-11)18(21)22/h3-10H,1-2H3. The van der Waals surface area contributed by atoms with E-state index in [0.29, 0.717) is 11.3 Å². The van der Waals surface area contributed by atoms with Gasteiger partial charge in [-0.25, -0.2) is 4.79 Å². The zero-order valence-corrected chi connectivity index (χ0v) is 13.0. The number of carbonyl (C=O) groups is 2. The molecule has 0 aliphatic heterocycles. The lowest BCUT2D eigenvalue weighted by Gasteiger charge is -2.19. The maximum absolute atomic E-state index is 12.5. The number of esters is 1. The van der Waals surface area contributed by atoms with Crippen molar-refractivity contribution in [2.45, 2.75) is 0 Å². The van der Waals surface area contributed by atoms with Gasteiger partial charge in [-0.3, -0.25) is 19.7 Å². The smallest absolute Gasteiger partial charge is 0.337 e. The predicted molar refractivity (Wildman–Crippen MR) is 84.7 cm³/mol. The summed E-state index contributed by atoms with van der Waals surface area (Å²) in [6, 6.07) is 11.2. The summed E-state index contributed by atoms with van der Waals surface area (Å²) in [4.78, 5) is 39.1. The van der Waals surface area contributed by atoms with Crippen LogP contribution in [-0.2, 0) is 9.57 Å². The number of nitro benzene ring substituents is 1. The fraction of sp³-hybridized carbons (Fsp3) is 0.125. The van der Waals surface area contributed by atoms with Gasteiger partial charge >= 0.3 is 5.97 Å². The van der Waals surface area contributed by atoms with E-state index in [4.69, 9.17) is 4.84 Å². The molecule has 0 saturated heterocycles. The number of benzene rings is 2. The summed E-state index contributed by atoms with van der Waals surface area (Å²) in [5.74, 6) is -0.995. The lowest BCUT2D eigenvalue weighted by Crippen LogP contribution is -2.29. The van der Waals surface area contributed by atoms with E-state index in [1.54, 1.807) is 0 Å². The molecule has 0 atom stereocenters. The second-order valence-electron chi connectivity index (χ2n) is 4.62. The van der Waals surface area contributed by atoms with Crippen molar-refractivity contribution in [1.29, 1.82) is 0 Å². The van der Waals surface area contributed by atoms with E-state index in [9.17, 15) is 19.7 Å². The van der Waals surface area contributed by atoms with E-state index in [1.807, 2.05) is 0 Å². The Labute approximate surface area is 137 Å². The van der Waals surface area contributed by atoms with Gasteiger partial charge in [0.05, 0.1) is 30.4 Å². The molecule has 124 valence electrons. The van der Waals surface area contributed by atoms with Gasteiger partial charge in [0.1, 0.15) is 0 Å². The van der Waals surface area contributed by atoms with Crippen molar-refractivity contribution in [3.63, 3.8) is 0 Å². The average molecular weight is 330 g/mol. The number of amides is 1. The third-order valence-electron chi connectivity index (χ3n) is 3.22. The first-order valence-electron chi connectivity index (χ1n) is 6.79. The molecule has 0 fully saturated rings. The van der Waals surface area contributed by atoms with E-state index < -0.39 is 16.8 Å². The summed E-state index contributed by atoms with van der Waals surface area (Å²) in [6.07, 6.45) is 0. The molecular formula is C16H14N2O6. The van der Waals surface area contributed by atoms with Crippen LogP contribution in [-0.4, -0.2) is 31.0 Å². The van der Waals surface area contributed by atoms with Gasteiger partial charge in [0.15, 0.2) is 0 Å². The van der Waals surface area contributed by atoms with Gasteiger partial charge in [-0.1, -0.05) is 0 Å². The van der Waals surface area contributed by atoms with Gasteiger partial charge in [-0.2, -0.15) is 5.06 Å². The van der Waals surface area contributed by atoms with Crippen LogP contribution in [0.4, 0.5) is 11.4 Å². The van der Waals surface area contributed by atoms with Gasteiger partial charge < -0.3 is 4.74 Å². The molecule has 0 aliphatic rings. The lowest BCUT2D eigenvalue weighted by molar-refractivity contribution is -0.384. The summed E-state index contributed by atoms with van der Waals surface area (Å²) in [5, 5.41) is 11.7. The minimum Gasteiger partial charge on any atom is -0.465 e. The van der Waals surface area contributed by atoms with Crippen LogP contribution in [0, 0.1) is 10.1 Å². The highest BCUT2D eigenvalue weighted by molar-refractivity contribution is 6.05. The lowest BCUT2D eigenvalue weighted by atomic mass is 10.1. The maximum Gasteiger partial charge on any atom is 0.337 e. The first kappa shape index (κ1) is 17.1. The van der Waals surface area contributed by atoms with Crippen molar-refractivity contribution in [2.24, 2.45) is 0 Å². The summed E-state index contributed by atoms with van der Waals surface area (Å²) in [7, 11) is 2.59. The number of carbonyl (C=O) groups excluding carboxylic acids is 2. The van der Waals surface area contributed by atoms with E-state index in [1.165, 1.54) is 62.8 Å². The van der Waals surface area contributed by atoms with Crippen molar-refractivity contribution in [3.05, 3.63) is 69.8 Å². The van der Waals surface area contributed by atoms with Crippen LogP contribution in [0.5, 0.6) is 0 Å². The molecule has 2 aromatic rings. The van der Waals surface area contributed by atoms with Crippen LogP contribution in [0.25, 0.3) is 0 Å². The minimum absolute atomic E-state index is 0.113. The average Bonchev–Trinajstić information content (AvgIpc) is 2.62. The highest BCUT2D eigenvalue weighted by Gasteiger charge is 2.19. The number of hydrogen-bond acceptors (Lipinski definition) is 6. The molecule has 8 heteroatoms. The molecule has 0 spiro atoms. The molecule has 0 bridgehead atoms. The normalized spacial score (nSPS) is 10.1. The largest absolute Gasteiger partial charge is 0.465 e. The Kier molecular flexibility index (Phi) is 5.23. The monoisotopic (exact) mass is 330 g/mol. The van der Waals surface area contributed by atoms with E-state index in [2.05, 4.69) is 4.74 Å². The Bertz CT molecular complexity index is 755. The second-order valence-corrected chi connectivity index (χ2v) is 4.62. The van der Waals surface area contributed by atoms with Crippen molar-refractivity contribution in [3.8, 4) is 0 Å². The Hall–Kier alpha value is -3.26. The Morgan fingerprint density at radius 3 is 1.96 bits per heavy atom. The maximum atomic E-state index is 12.5. The quantitative estimate of drug-likeness (QED) is 0.475. The molecule has 0 unspecified atom stereocenters. The predicted octanol–water partition coefficient (Wildman–Crippen LogP) is 2.59. The molecule has 1 amide bonds. The van der Waals surface area contributed by atoms with Crippen molar-refractivity contribution in [2.75, 3.05) is 19.3 Å². The number of methoxy groups -OCH3 is 1. The van der Waals surface area contributed by atoms with Crippen molar-refractivity contribution < 1.29 is 24.1 Å².